The number of aryl methyl sites for hydroxylation is 1. The maximum Gasteiger partial charge on any atom is 0.254 e. The second-order valence-electron chi connectivity index (χ2n) is 8.73. The molecule has 170 valence electrons. The number of rotatable bonds is 5. The molecule has 1 atom stereocenters. The fourth-order valence-corrected chi connectivity index (χ4v) is 4.05. The summed E-state index contributed by atoms with van der Waals surface area (Å²) in [7, 11) is 0. The number of anilines is 2. The molecular formula is C24H31N5O3. The number of aromatic nitrogens is 2. The van der Waals surface area contributed by atoms with Crippen LogP contribution in [-0.4, -0.2) is 65.6 Å². The van der Waals surface area contributed by atoms with Gasteiger partial charge >= 0.3 is 0 Å². The van der Waals surface area contributed by atoms with Crippen molar-refractivity contribution in [1.82, 2.24) is 14.9 Å². The standard InChI is InChI=1S/C24H31N5O3/c1-16(2)22-25-17(3)14-21(27-22)28-9-11-29(12-10-28)24(31)18-6-4-7-19(15-18)26-23(30)20-8-5-13-32-20/h4,6-7,14-16,20H,5,8-13H2,1-3H3,(H,26,30)/t20-/m0/s1. The van der Waals surface area contributed by atoms with E-state index in [-0.39, 0.29) is 17.7 Å². The highest BCUT2D eigenvalue weighted by Crippen LogP contribution is 2.21. The summed E-state index contributed by atoms with van der Waals surface area (Å²) in [5.41, 5.74) is 2.15. The monoisotopic (exact) mass is 437 g/mol. The van der Waals surface area contributed by atoms with Gasteiger partial charge in [0.1, 0.15) is 17.7 Å². The predicted octanol–water partition coefficient (Wildman–Crippen LogP) is 2.99. The van der Waals surface area contributed by atoms with Crippen molar-refractivity contribution in [2.45, 2.75) is 45.6 Å². The van der Waals surface area contributed by atoms with E-state index in [1.807, 2.05) is 17.9 Å². The molecule has 1 N–H and O–H groups in total. The number of hydrogen-bond acceptors (Lipinski definition) is 6. The average Bonchev–Trinajstić information content (AvgIpc) is 3.34. The summed E-state index contributed by atoms with van der Waals surface area (Å²) in [6.07, 6.45) is 1.24. The SMILES string of the molecule is Cc1cc(N2CCN(C(=O)c3cccc(NC(=O)[C@@H]4CCCO4)c3)CC2)nc(C(C)C)n1. The number of piperazine rings is 1. The molecule has 32 heavy (non-hydrogen) atoms. The molecule has 0 bridgehead atoms. The van der Waals surface area contributed by atoms with Gasteiger partial charge in [0.2, 0.25) is 0 Å². The molecule has 2 aliphatic heterocycles. The van der Waals surface area contributed by atoms with Crippen LogP contribution in [0.2, 0.25) is 0 Å². The van der Waals surface area contributed by atoms with Crippen LogP contribution in [0.3, 0.4) is 0 Å². The second-order valence-corrected chi connectivity index (χ2v) is 8.73. The van der Waals surface area contributed by atoms with Gasteiger partial charge in [0.15, 0.2) is 0 Å². The smallest absolute Gasteiger partial charge is 0.254 e. The molecule has 2 aromatic rings. The Labute approximate surface area is 189 Å². The van der Waals surface area contributed by atoms with E-state index in [1.165, 1.54) is 0 Å². The lowest BCUT2D eigenvalue weighted by molar-refractivity contribution is -0.124. The van der Waals surface area contributed by atoms with Crippen LogP contribution in [0.25, 0.3) is 0 Å². The van der Waals surface area contributed by atoms with Crippen molar-refractivity contribution in [1.29, 1.82) is 0 Å². The number of amides is 2. The molecule has 0 unspecified atom stereocenters. The highest BCUT2D eigenvalue weighted by molar-refractivity contribution is 5.98. The first-order valence-electron chi connectivity index (χ1n) is 11.3. The Bertz CT molecular complexity index is 979. The second kappa shape index (κ2) is 9.65. The van der Waals surface area contributed by atoms with Crippen LogP contribution in [0.4, 0.5) is 11.5 Å². The van der Waals surface area contributed by atoms with Crippen LogP contribution in [0, 0.1) is 6.92 Å². The lowest BCUT2D eigenvalue weighted by Gasteiger charge is -2.35. The molecule has 2 saturated heterocycles. The molecule has 0 radical (unpaired) electrons. The molecule has 2 amide bonds. The molecule has 8 heteroatoms. The minimum Gasteiger partial charge on any atom is -0.368 e. The Morgan fingerprint density at radius 3 is 2.59 bits per heavy atom. The molecule has 3 heterocycles. The normalized spacial score (nSPS) is 18.8. The first kappa shape index (κ1) is 22.2. The zero-order valence-electron chi connectivity index (χ0n) is 19.0. The third-order valence-electron chi connectivity index (χ3n) is 5.86. The van der Waals surface area contributed by atoms with E-state index in [9.17, 15) is 9.59 Å². The Morgan fingerprint density at radius 2 is 1.91 bits per heavy atom. The van der Waals surface area contributed by atoms with Gasteiger partial charge in [-0.05, 0) is 38.0 Å². The number of ether oxygens (including phenoxy) is 1. The summed E-state index contributed by atoms with van der Waals surface area (Å²) in [4.78, 5) is 38.7. The van der Waals surface area contributed by atoms with Gasteiger partial charge in [-0.25, -0.2) is 9.97 Å². The van der Waals surface area contributed by atoms with Crippen molar-refractivity contribution in [2.75, 3.05) is 43.0 Å². The van der Waals surface area contributed by atoms with Crippen molar-refractivity contribution in [3.63, 3.8) is 0 Å². The van der Waals surface area contributed by atoms with E-state index in [0.717, 1.165) is 43.3 Å². The van der Waals surface area contributed by atoms with Crippen LogP contribution in [-0.2, 0) is 9.53 Å². The molecule has 2 fully saturated rings. The van der Waals surface area contributed by atoms with Gasteiger partial charge in [0, 0.05) is 61.7 Å². The first-order chi connectivity index (χ1) is 15.4. The van der Waals surface area contributed by atoms with Crippen LogP contribution < -0.4 is 10.2 Å². The molecule has 1 aromatic carbocycles. The van der Waals surface area contributed by atoms with Crippen molar-refractivity contribution in [3.05, 3.63) is 47.4 Å². The number of benzene rings is 1. The van der Waals surface area contributed by atoms with Crippen molar-refractivity contribution < 1.29 is 14.3 Å². The Morgan fingerprint density at radius 1 is 1.12 bits per heavy atom. The summed E-state index contributed by atoms with van der Waals surface area (Å²) in [6, 6.07) is 9.13. The van der Waals surface area contributed by atoms with E-state index in [1.54, 1.807) is 24.3 Å². The van der Waals surface area contributed by atoms with E-state index in [2.05, 4.69) is 29.0 Å². The zero-order chi connectivity index (χ0) is 22.7. The van der Waals surface area contributed by atoms with E-state index < -0.39 is 6.10 Å². The lowest BCUT2D eigenvalue weighted by Crippen LogP contribution is -2.49. The van der Waals surface area contributed by atoms with E-state index >= 15 is 0 Å². The predicted molar refractivity (Wildman–Crippen MR) is 123 cm³/mol. The summed E-state index contributed by atoms with van der Waals surface area (Å²) >= 11 is 0. The van der Waals surface area contributed by atoms with Crippen LogP contribution in [0.5, 0.6) is 0 Å². The topological polar surface area (TPSA) is 87.7 Å². The van der Waals surface area contributed by atoms with E-state index in [4.69, 9.17) is 9.72 Å². The molecule has 2 aliphatic rings. The summed E-state index contributed by atoms with van der Waals surface area (Å²) in [5, 5.41) is 2.87. The Balaban J connectivity index is 1.38. The number of hydrogen-bond donors (Lipinski definition) is 1. The van der Waals surface area contributed by atoms with Crippen molar-refractivity contribution >= 4 is 23.3 Å². The van der Waals surface area contributed by atoms with Crippen LogP contribution >= 0.6 is 0 Å². The van der Waals surface area contributed by atoms with Crippen molar-refractivity contribution in [3.8, 4) is 0 Å². The Hall–Kier alpha value is -3.00. The number of carbonyl (C=O) groups is 2. The molecule has 0 aliphatic carbocycles. The highest BCUT2D eigenvalue weighted by atomic mass is 16.5. The molecule has 0 spiro atoms. The van der Waals surface area contributed by atoms with Gasteiger partial charge in [-0.3, -0.25) is 9.59 Å². The molecule has 1 aromatic heterocycles. The average molecular weight is 438 g/mol. The van der Waals surface area contributed by atoms with Gasteiger partial charge in [-0.1, -0.05) is 19.9 Å². The maximum absolute atomic E-state index is 13.1. The number of nitrogens with zero attached hydrogens (tertiary/aromatic N) is 4. The first-order valence-corrected chi connectivity index (χ1v) is 11.3. The minimum absolute atomic E-state index is 0.0281. The maximum atomic E-state index is 13.1. The highest BCUT2D eigenvalue weighted by Gasteiger charge is 2.25. The quantitative estimate of drug-likeness (QED) is 0.774. The summed E-state index contributed by atoms with van der Waals surface area (Å²) < 4.78 is 5.43. The third-order valence-corrected chi connectivity index (χ3v) is 5.86. The van der Waals surface area contributed by atoms with Crippen LogP contribution in [0.1, 0.15) is 54.5 Å². The van der Waals surface area contributed by atoms with E-state index in [0.29, 0.717) is 30.9 Å². The van der Waals surface area contributed by atoms with Gasteiger partial charge in [-0.2, -0.15) is 0 Å². The molecule has 0 saturated carbocycles. The fourth-order valence-electron chi connectivity index (χ4n) is 4.05. The van der Waals surface area contributed by atoms with Crippen LogP contribution in [0.15, 0.2) is 30.3 Å². The van der Waals surface area contributed by atoms with Gasteiger partial charge in [0.25, 0.3) is 11.8 Å². The van der Waals surface area contributed by atoms with Gasteiger partial charge < -0.3 is 19.9 Å². The lowest BCUT2D eigenvalue weighted by atomic mass is 10.1. The molecular weight excluding hydrogens is 406 g/mol. The van der Waals surface area contributed by atoms with Crippen molar-refractivity contribution in [2.24, 2.45) is 0 Å². The number of carbonyl (C=O) groups excluding carboxylic acids is 2. The fraction of sp³-hybridized carbons (Fsp3) is 0.500. The zero-order valence-corrected chi connectivity index (χ0v) is 19.0. The number of nitrogens with one attached hydrogen (secondary N) is 1. The minimum atomic E-state index is -0.399. The van der Waals surface area contributed by atoms with Gasteiger partial charge in [-0.15, -0.1) is 0 Å². The molecule has 8 nitrogen and oxygen atoms in total. The largest absolute Gasteiger partial charge is 0.368 e. The molecule has 4 rings (SSSR count). The summed E-state index contributed by atoms with van der Waals surface area (Å²) in [5.74, 6) is 1.86. The Kier molecular flexibility index (Phi) is 6.69. The third kappa shape index (κ3) is 5.07. The van der Waals surface area contributed by atoms with Gasteiger partial charge in [0.05, 0.1) is 0 Å². The summed E-state index contributed by atoms with van der Waals surface area (Å²) in [6.45, 7) is 9.46.